The van der Waals surface area contributed by atoms with Crippen LogP contribution in [0.25, 0.3) is 0 Å². The van der Waals surface area contributed by atoms with Crippen molar-refractivity contribution in [2.45, 2.75) is 56.0 Å². The Morgan fingerprint density at radius 2 is 1.96 bits per heavy atom. The van der Waals surface area contributed by atoms with Crippen molar-refractivity contribution in [2.24, 2.45) is 0 Å². The van der Waals surface area contributed by atoms with Gasteiger partial charge >= 0.3 is 0 Å². The number of hydrogen-bond donors (Lipinski definition) is 0. The third kappa shape index (κ3) is 3.04. The maximum absolute atomic E-state index is 13.4. The van der Waals surface area contributed by atoms with Crippen molar-refractivity contribution in [1.82, 2.24) is 19.1 Å². The lowest BCUT2D eigenvalue weighted by atomic mass is 10.2. The van der Waals surface area contributed by atoms with Gasteiger partial charge in [0.2, 0.25) is 10.0 Å². The Labute approximate surface area is 157 Å². The van der Waals surface area contributed by atoms with Crippen molar-refractivity contribution >= 4 is 21.6 Å². The number of hydrogen-bond acceptors (Lipinski definition) is 4. The highest BCUT2D eigenvalue weighted by Crippen LogP contribution is 2.37. The second-order valence-electron chi connectivity index (χ2n) is 6.79. The van der Waals surface area contributed by atoms with Crippen LogP contribution in [0.4, 0.5) is 4.39 Å². The van der Waals surface area contributed by atoms with Crippen LogP contribution in [0, 0.1) is 5.82 Å². The zero-order valence-corrected chi connectivity index (χ0v) is 15.8. The van der Waals surface area contributed by atoms with Gasteiger partial charge in [-0.15, -0.1) is 10.2 Å². The van der Waals surface area contributed by atoms with Crippen molar-refractivity contribution in [3.05, 3.63) is 40.7 Å². The summed E-state index contributed by atoms with van der Waals surface area (Å²) in [5.74, 6) is 1.02. The molecule has 1 saturated heterocycles. The normalized spacial score (nSPS) is 21.5. The second kappa shape index (κ2) is 6.90. The van der Waals surface area contributed by atoms with Crippen LogP contribution >= 0.6 is 11.6 Å². The summed E-state index contributed by atoms with van der Waals surface area (Å²) >= 11 is 5.79. The van der Waals surface area contributed by atoms with Crippen LogP contribution in [0.5, 0.6) is 0 Å². The van der Waals surface area contributed by atoms with E-state index in [1.165, 1.54) is 16.4 Å². The van der Waals surface area contributed by atoms with E-state index < -0.39 is 15.8 Å². The van der Waals surface area contributed by atoms with Crippen LogP contribution < -0.4 is 0 Å². The minimum absolute atomic E-state index is 0.00593. The number of aryl methyl sites for hydroxylation is 1. The highest BCUT2D eigenvalue weighted by molar-refractivity contribution is 7.89. The molecule has 1 aromatic carbocycles. The molecule has 0 spiro atoms. The van der Waals surface area contributed by atoms with Gasteiger partial charge in [0.1, 0.15) is 11.6 Å². The molecule has 1 fully saturated rings. The van der Waals surface area contributed by atoms with Crippen LogP contribution in [0.15, 0.2) is 23.1 Å². The van der Waals surface area contributed by atoms with Gasteiger partial charge in [-0.05, 0) is 43.9 Å². The number of fused-ring (bicyclic) bond motifs is 1. The van der Waals surface area contributed by atoms with Gasteiger partial charge in [0.15, 0.2) is 5.82 Å². The summed E-state index contributed by atoms with van der Waals surface area (Å²) in [6.07, 6.45) is 5.60. The molecule has 1 atom stereocenters. The van der Waals surface area contributed by atoms with Crippen molar-refractivity contribution in [3.63, 3.8) is 0 Å². The Morgan fingerprint density at radius 3 is 2.77 bits per heavy atom. The van der Waals surface area contributed by atoms with E-state index >= 15 is 0 Å². The number of halogens is 2. The van der Waals surface area contributed by atoms with Crippen LogP contribution in [-0.2, 0) is 23.0 Å². The van der Waals surface area contributed by atoms with E-state index in [-0.39, 0.29) is 16.0 Å². The smallest absolute Gasteiger partial charge is 0.243 e. The van der Waals surface area contributed by atoms with E-state index in [0.717, 1.165) is 56.4 Å². The summed E-state index contributed by atoms with van der Waals surface area (Å²) in [4.78, 5) is 0.00593. The molecule has 3 heterocycles. The van der Waals surface area contributed by atoms with Crippen LogP contribution in [0.3, 0.4) is 0 Å². The Bertz CT molecular complexity index is 931. The second-order valence-corrected chi connectivity index (χ2v) is 9.08. The lowest BCUT2D eigenvalue weighted by Crippen LogP contribution is -2.32. The molecule has 0 N–H and O–H groups in total. The molecule has 0 aliphatic carbocycles. The molecule has 6 nitrogen and oxygen atoms in total. The number of aromatic nitrogens is 3. The van der Waals surface area contributed by atoms with Gasteiger partial charge in [0.05, 0.1) is 16.0 Å². The number of sulfonamides is 1. The fraction of sp³-hybridized carbons (Fsp3) is 0.529. The molecule has 0 saturated carbocycles. The highest BCUT2D eigenvalue weighted by Gasteiger charge is 2.39. The third-order valence-electron chi connectivity index (χ3n) is 5.14. The van der Waals surface area contributed by atoms with Gasteiger partial charge in [0, 0.05) is 19.5 Å². The van der Waals surface area contributed by atoms with Gasteiger partial charge in [-0.2, -0.15) is 4.31 Å². The van der Waals surface area contributed by atoms with Crippen LogP contribution in [0.1, 0.15) is 49.8 Å². The lowest BCUT2D eigenvalue weighted by molar-refractivity contribution is 0.370. The fourth-order valence-corrected chi connectivity index (χ4v) is 5.74. The first-order valence-electron chi connectivity index (χ1n) is 8.87. The zero-order valence-electron chi connectivity index (χ0n) is 14.2. The minimum atomic E-state index is -3.79. The summed E-state index contributed by atoms with van der Waals surface area (Å²) in [6, 6.07) is 3.18. The van der Waals surface area contributed by atoms with E-state index in [1.807, 2.05) is 0 Å². The molecular weight excluding hydrogens is 379 g/mol. The molecule has 0 bridgehead atoms. The molecule has 0 amide bonds. The summed E-state index contributed by atoms with van der Waals surface area (Å²) in [5, 5.41) is 8.43. The van der Waals surface area contributed by atoms with E-state index in [0.29, 0.717) is 13.0 Å². The summed E-state index contributed by atoms with van der Waals surface area (Å²) in [7, 11) is -3.79. The van der Waals surface area contributed by atoms with E-state index in [4.69, 9.17) is 11.6 Å². The lowest BCUT2D eigenvalue weighted by Gasteiger charge is -2.24. The number of nitrogens with zero attached hydrogens (tertiary/aromatic N) is 4. The monoisotopic (exact) mass is 398 g/mol. The molecule has 4 rings (SSSR count). The molecule has 9 heteroatoms. The van der Waals surface area contributed by atoms with E-state index in [1.54, 1.807) is 0 Å². The van der Waals surface area contributed by atoms with Gasteiger partial charge in [-0.25, -0.2) is 12.8 Å². The zero-order chi connectivity index (χ0) is 18.3. The minimum Gasteiger partial charge on any atom is -0.314 e. The standard InChI is InChI=1S/C17H20ClFN4O2S/c18-13-11-12(7-8-14(13)19)26(24,25)23-10-4-5-15(23)17-21-20-16-6-2-1-3-9-22(16)17/h7-8,11,15H,1-6,9-10H2/t15-/m1/s1. The molecule has 26 heavy (non-hydrogen) atoms. The predicted molar refractivity (Wildman–Crippen MR) is 94.9 cm³/mol. The van der Waals surface area contributed by atoms with Crippen LogP contribution in [0.2, 0.25) is 5.02 Å². The van der Waals surface area contributed by atoms with Crippen molar-refractivity contribution in [3.8, 4) is 0 Å². The molecular formula is C17H20ClFN4O2S. The Hall–Kier alpha value is -1.51. The molecule has 0 radical (unpaired) electrons. The maximum Gasteiger partial charge on any atom is 0.243 e. The average molecular weight is 399 g/mol. The van der Waals surface area contributed by atoms with Gasteiger partial charge in [0.25, 0.3) is 0 Å². The Kier molecular flexibility index (Phi) is 4.75. The van der Waals surface area contributed by atoms with Gasteiger partial charge < -0.3 is 4.57 Å². The average Bonchev–Trinajstić information content (AvgIpc) is 3.18. The van der Waals surface area contributed by atoms with Crippen molar-refractivity contribution in [1.29, 1.82) is 0 Å². The number of benzene rings is 1. The molecule has 2 aliphatic heterocycles. The fourth-order valence-electron chi connectivity index (χ4n) is 3.81. The Balaban J connectivity index is 1.70. The first kappa shape index (κ1) is 17.9. The quantitative estimate of drug-likeness (QED) is 0.795. The number of rotatable bonds is 3. The van der Waals surface area contributed by atoms with Crippen molar-refractivity contribution < 1.29 is 12.8 Å². The van der Waals surface area contributed by atoms with E-state index in [2.05, 4.69) is 14.8 Å². The summed E-state index contributed by atoms with van der Waals surface area (Å²) in [6.45, 7) is 1.23. The Morgan fingerprint density at radius 1 is 1.12 bits per heavy atom. The van der Waals surface area contributed by atoms with Crippen molar-refractivity contribution in [2.75, 3.05) is 6.54 Å². The first-order valence-corrected chi connectivity index (χ1v) is 10.7. The highest BCUT2D eigenvalue weighted by atomic mass is 35.5. The molecule has 140 valence electrons. The maximum atomic E-state index is 13.4. The third-order valence-corrected chi connectivity index (χ3v) is 7.33. The molecule has 2 aliphatic rings. The van der Waals surface area contributed by atoms with E-state index in [9.17, 15) is 12.8 Å². The topological polar surface area (TPSA) is 68.1 Å². The first-order chi connectivity index (χ1) is 12.5. The molecule has 0 unspecified atom stereocenters. The predicted octanol–water partition coefficient (Wildman–Crippen LogP) is 3.32. The summed E-state index contributed by atoms with van der Waals surface area (Å²) in [5.41, 5.74) is 0. The SMILES string of the molecule is O=S(=O)(c1ccc(F)c(Cl)c1)N1CCC[C@@H]1c1nnc2n1CCCCC2. The van der Waals surface area contributed by atoms with Gasteiger partial charge in [-0.3, -0.25) is 0 Å². The largest absolute Gasteiger partial charge is 0.314 e. The molecule has 2 aromatic rings. The van der Waals surface area contributed by atoms with Gasteiger partial charge in [-0.1, -0.05) is 18.0 Å². The summed E-state index contributed by atoms with van der Waals surface area (Å²) < 4.78 is 43.2. The van der Waals surface area contributed by atoms with Crippen LogP contribution in [-0.4, -0.2) is 34.0 Å². The molecule has 1 aromatic heterocycles.